The van der Waals surface area contributed by atoms with Crippen LogP contribution in [0.2, 0.25) is 0 Å². The molecule has 158 valence electrons. The molecular formula is C25H30NO3P. The van der Waals surface area contributed by atoms with Gasteiger partial charge in [0, 0.05) is 25.1 Å². The van der Waals surface area contributed by atoms with Crippen molar-refractivity contribution >= 4 is 18.4 Å². The molecule has 0 spiro atoms. The molecule has 0 fully saturated rings. The molecule has 1 N–H and O–H groups in total. The maximum atomic E-state index is 14.1. The van der Waals surface area contributed by atoms with Crippen LogP contribution in [0.4, 0.5) is 5.69 Å². The minimum atomic E-state index is -3.60. The molecular weight excluding hydrogens is 393 g/mol. The lowest BCUT2D eigenvalue weighted by atomic mass is 10.0. The number of benzene rings is 3. The summed E-state index contributed by atoms with van der Waals surface area (Å²) in [4.78, 5) is 1.97. The number of nitrogens with zero attached hydrogens (tertiary/aromatic N) is 1. The first-order valence-corrected chi connectivity index (χ1v) is 11.8. The summed E-state index contributed by atoms with van der Waals surface area (Å²) in [5.74, 6) is -0.858. The third-order valence-corrected chi connectivity index (χ3v) is 7.69. The van der Waals surface area contributed by atoms with Crippen molar-refractivity contribution < 1.29 is 14.2 Å². The van der Waals surface area contributed by atoms with Gasteiger partial charge in [0.1, 0.15) is 0 Å². The SMILES string of the molecule is CC(C)c1ccc([C@H](O)[P@](=O)(OCc2ccccc2)c2ccc(N(C)C)cc2)cc1. The normalized spacial score (nSPS) is 14.3. The second kappa shape index (κ2) is 9.61. The summed E-state index contributed by atoms with van der Waals surface area (Å²) in [6.07, 6.45) is 0. The highest BCUT2D eigenvalue weighted by Gasteiger charge is 2.36. The molecule has 0 bridgehead atoms. The van der Waals surface area contributed by atoms with Crippen LogP contribution in [0.15, 0.2) is 78.9 Å². The van der Waals surface area contributed by atoms with Crippen molar-refractivity contribution in [2.24, 2.45) is 0 Å². The van der Waals surface area contributed by atoms with E-state index in [1.165, 1.54) is 5.56 Å². The van der Waals surface area contributed by atoms with Gasteiger partial charge in [-0.3, -0.25) is 4.57 Å². The Hall–Kier alpha value is -2.39. The van der Waals surface area contributed by atoms with Crippen molar-refractivity contribution in [3.63, 3.8) is 0 Å². The first kappa shape index (κ1) is 22.3. The van der Waals surface area contributed by atoms with Crippen molar-refractivity contribution in [2.45, 2.75) is 32.2 Å². The molecule has 2 atom stereocenters. The largest absolute Gasteiger partial charge is 0.378 e. The molecule has 0 saturated heterocycles. The fraction of sp³-hybridized carbons (Fsp3) is 0.280. The van der Waals surface area contributed by atoms with E-state index in [9.17, 15) is 9.67 Å². The van der Waals surface area contributed by atoms with E-state index in [1.54, 1.807) is 12.1 Å². The van der Waals surface area contributed by atoms with Crippen molar-refractivity contribution in [1.82, 2.24) is 0 Å². The molecule has 3 rings (SSSR count). The fourth-order valence-corrected chi connectivity index (χ4v) is 5.28. The van der Waals surface area contributed by atoms with Crippen LogP contribution in [0.25, 0.3) is 0 Å². The number of aliphatic hydroxyl groups is 1. The van der Waals surface area contributed by atoms with Gasteiger partial charge in [-0.15, -0.1) is 0 Å². The van der Waals surface area contributed by atoms with Crippen LogP contribution in [-0.4, -0.2) is 19.2 Å². The third kappa shape index (κ3) is 5.02. The standard InChI is InChI=1S/C25H30NO3P/c1-19(2)21-10-12-22(13-11-21)25(27)30(28,29-18-20-8-6-5-7-9-20)24-16-14-23(15-17-24)26(3)4/h5-17,19,25,27H,18H2,1-4H3/t25-,30-/m1/s1. The zero-order chi connectivity index (χ0) is 21.7. The Bertz CT molecular complexity index is 983. The van der Waals surface area contributed by atoms with Gasteiger partial charge in [0.15, 0.2) is 5.85 Å². The minimum Gasteiger partial charge on any atom is -0.378 e. The fourth-order valence-electron chi connectivity index (χ4n) is 3.24. The number of hydrogen-bond donors (Lipinski definition) is 1. The molecule has 3 aromatic rings. The first-order valence-electron chi connectivity index (χ1n) is 10.2. The number of aliphatic hydroxyl groups excluding tert-OH is 1. The van der Waals surface area contributed by atoms with Gasteiger partial charge in [0.25, 0.3) is 7.37 Å². The molecule has 0 aromatic heterocycles. The molecule has 0 unspecified atom stereocenters. The molecule has 30 heavy (non-hydrogen) atoms. The lowest BCUT2D eigenvalue weighted by Crippen LogP contribution is -2.16. The third-order valence-electron chi connectivity index (χ3n) is 5.22. The number of hydrogen-bond acceptors (Lipinski definition) is 4. The molecule has 0 aliphatic heterocycles. The molecule has 0 saturated carbocycles. The Balaban J connectivity index is 1.96. The minimum absolute atomic E-state index is 0.161. The molecule has 3 aromatic carbocycles. The van der Waals surface area contributed by atoms with Crippen molar-refractivity contribution in [1.29, 1.82) is 0 Å². The Morgan fingerprint density at radius 1 is 0.867 bits per heavy atom. The lowest BCUT2D eigenvalue weighted by molar-refractivity contribution is 0.210. The lowest BCUT2D eigenvalue weighted by Gasteiger charge is -2.25. The number of rotatable bonds is 8. The van der Waals surface area contributed by atoms with E-state index in [0.29, 0.717) is 16.8 Å². The monoisotopic (exact) mass is 423 g/mol. The summed E-state index contributed by atoms with van der Waals surface area (Å²) in [5.41, 5.74) is 3.66. The zero-order valence-electron chi connectivity index (χ0n) is 18.0. The summed E-state index contributed by atoms with van der Waals surface area (Å²) in [7, 11) is 0.298. The van der Waals surface area contributed by atoms with Gasteiger partial charge in [0.2, 0.25) is 0 Å². The quantitative estimate of drug-likeness (QED) is 0.473. The first-order chi connectivity index (χ1) is 14.3. The van der Waals surface area contributed by atoms with E-state index in [-0.39, 0.29) is 6.61 Å². The van der Waals surface area contributed by atoms with Crippen LogP contribution < -0.4 is 10.2 Å². The van der Waals surface area contributed by atoms with Crippen LogP contribution in [0.1, 0.15) is 42.3 Å². The second-order valence-electron chi connectivity index (χ2n) is 7.96. The van der Waals surface area contributed by atoms with Gasteiger partial charge in [-0.2, -0.15) is 0 Å². The topological polar surface area (TPSA) is 49.8 Å². The highest BCUT2D eigenvalue weighted by Crippen LogP contribution is 2.58. The highest BCUT2D eigenvalue weighted by molar-refractivity contribution is 7.67. The van der Waals surface area contributed by atoms with Gasteiger partial charge >= 0.3 is 0 Å². The molecule has 5 heteroatoms. The van der Waals surface area contributed by atoms with Gasteiger partial charge in [-0.25, -0.2) is 0 Å². The highest BCUT2D eigenvalue weighted by atomic mass is 31.2. The summed E-state index contributed by atoms with van der Waals surface area (Å²) >= 11 is 0. The van der Waals surface area contributed by atoms with Gasteiger partial charge in [-0.05, 0) is 46.9 Å². The maximum Gasteiger partial charge on any atom is 0.264 e. The molecule has 0 aliphatic rings. The summed E-state index contributed by atoms with van der Waals surface area (Å²) in [6, 6.07) is 24.6. The Labute approximate surface area is 179 Å². The smallest absolute Gasteiger partial charge is 0.264 e. The van der Waals surface area contributed by atoms with Crippen LogP contribution in [0, 0.1) is 0 Å². The van der Waals surface area contributed by atoms with Gasteiger partial charge < -0.3 is 14.5 Å². The van der Waals surface area contributed by atoms with Crippen LogP contribution in [0.5, 0.6) is 0 Å². The van der Waals surface area contributed by atoms with Crippen molar-refractivity contribution in [3.8, 4) is 0 Å². The van der Waals surface area contributed by atoms with E-state index in [4.69, 9.17) is 4.52 Å². The van der Waals surface area contributed by atoms with Crippen LogP contribution >= 0.6 is 7.37 Å². The van der Waals surface area contributed by atoms with Gasteiger partial charge in [0.05, 0.1) is 6.61 Å². The van der Waals surface area contributed by atoms with E-state index in [1.807, 2.05) is 85.7 Å². The zero-order valence-corrected chi connectivity index (χ0v) is 18.9. The second-order valence-corrected chi connectivity index (χ2v) is 10.4. The number of anilines is 1. The maximum absolute atomic E-state index is 14.1. The average molecular weight is 423 g/mol. The van der Waals surface area contributed by atoms with E-state index >= 15 is 0 Å². The average Bonchev–Trinajstić information content (AvgIpc) is 2.77. The summed E-state index contributed by atoms with van der Waals surface area (Å²) in [6.45, 7) is 4.39. The summed E-state index contributed by atoms with van der Waals surface area (Å²) in [5, 5.41) is 11.7. The molecule has 0 heterocycles. The Morgan fingerprint density at radius 3 is 1.97 bits per heavy atom. The van der Waals surface area contributed by atoms with Crippen LogP contribution in [0.3, 0.4) is 0 Å². The van der Waals surface area contributed by atoms with E-state index in [0.717, 1.165) is 11.3 Å². The van der Waals surface area contributed by atoms with Gasteiger partial charge in [-0.1, -0.05) is 68.4 Å². The molecule has 0 amide bonds. The van der Waals surface area contributed by atoms with Crippen molar-refractivity contribution in [3.05, 3.63) is 95.6 Å². The predicted octanol–water partition coefficient (Wildman–Crippen LogP) is 5.69. The molecule has 0 aliphatic carbocycles. The summed E-state index contributed by atoms with van der Waals surface area (Å²) < 4.78 is 20.1. The Kier molecular flexibility index (Phi) is 7.14. The van der Waals surface area contributed by atoms with E-state index < -0.39 is 13.2 Å². The van der Waals surface area contributed by atoms with Crippen molar-refractivity contribution in [2.75, 3.05) is 19.0 Å². The van der Waals surface area contributed by atoms with Crippen LogP contribution in [-0.2, 0) is 15.7 Å². The Morgan fingerprint density at radius 2 is 1.43 bits per heavy atom. The van der Waals surface area contributed by atoms with E-state index in [2.05, 4.69) is 13.8 Å². The molecule has 4 nitrogen and oxygen atoms in total. The molecule has 0 radical (unpaired) electrons. The predicted molar refractivity (Wildman–Crippen MR) is 125 cm³/mol.